The number of hydrogen-bond acceptors (Lipinski definition) is 7. The van der Waals surface area contributed by atoms with Crippen LogP contribution in [-0.4, -0.2) is 63.2 Å². The first-order valence-corrected chi connectivity index (χ1v) is 14.2. The number of primary amides is 1. The van der Waals surface area contributed by atoms with E-state index < -0.39 is 30.1 Å². The van der Waals surface area contributed by atoms with E-state index in [4.69, 9.17) is 5.73 Å². The van der Waals surface area contributed by atoms with Gasteiger partial charge in [0, 0.05) is 22.6 Å². The van der Waals surface area contributed by atoms with E-state index in [1.54, 1.807) is 30.8 Å². The molecule has 9 heteroatoms. The molecule has 1 aromatic rings. The van der Waals surface area contributed by atoms with Gasteiger partial charge in [-0.25, -0.2) is 0 Å². The Balaban J connectivity index is 2.33. The first-order chi connectivity index (χ1) is 17.6. The minimum atomic E-state index is -1.23. The molecule has 0 fully saturated rings. The van der Waals surface area contributed by atoms with Crippen LogP contribution < -0.4 is 11.1 Å². The van der Waals surface area contributed by atoms with E-state index in [0.29, 0.717) is 38.5 Å². The number of aliphatic hydroxyl groups is 3. The van der Waals surface area contributed by atoms with Crippen LogP contribution in [0, 0.1) is 11.8 Å². The highest BCUT2D eigenvalue weighted by atomic mass is 32.2. The van der Waals surface area contributed by atoms with Gasteiger partial charge in [-0.05, 0) is 86.8 Å². The summed E-state index contributed by atoms with van der Waals surface area (Å²) in [4.78, 5) is 38.1. The predicted octanol–water partition coefficient (Wildman–Crippen LogP) is 3.78. The van der Waals surface area contributed by atoms with Gasteiger partial charge in [-0.2, -0.15) is 11.8 Å². The van der Waals surface area contributed by atoms with Crippen LogP contribution in [0.3, 0.4) is 0 Å². The van der Waals surface area contributed by atoms with E-state index >= 15 is 0 Å². The molecule has 6 N–H and O–H groups in total. The Morgan fingerprint density at radius 3 is 2.49 bits per heavy atom. The monoisotopic (exact) mass is 532 g/mol. The van der Waals surface area contributed by atoms with E-state index in [-0.39, 0.29) is 40.1 Å². The number of amides is 2. The smallest absolute Gasteiger partial charge is 0.251 e. The second-order valence-electron chi connectivity index (χ2n) is 9.67. The average molecular weight is 533 g/mol. The molecule has 0 radical (unpaired) electrons. The van der Waals surface area contributed by atoms with Crippen molar-refractivity contribution < 1.29 is 29.7 Å². The zero-order valence-electron chi connectivity index (χ0n) is 21.9. The van der Waals surface area contributed by atoms with Gasteiger partial charge in [0.15, 0.2) is 5.78 Å². The van der Waals surface area contributed by atoms with Crippen LogP contribution in [0.2, 0.25) is 0 Å². The lowest BCUT2D eigenvalue weighted by Gasteiger charge is -2.30. The zero-order valence-corrected chi connectivity index (χ0v) is 22.7. The number of benzene rings is 1. The van der Waals surface area contributed by atoms with Gasteiger partial charge in [-0.15, -0.1) is 0 Å². The Morgan fingerprint density at radius 1 is 1.16 bits per heavy atom. The molecule has 1 aliphatic carbocycles. The van der Waals surface area contributed by atoms with E-state index in [1.807, 2.05) is 19.3 Å². The second-order valence-corrected chi connectivity index (χ2v) is 10.7. The van der Waals surface area contributed by atoms with Crippen LogP contribution in [0.25, 0.3) is 0 Å². The van der Waals surface area contributed by atoms with Crippen molar-refractivity contribution in [3.63, 3.8) is 0 Å². The van der Waals surface area contributed by atoms with Crippen molar-refractivity contribution in [2.24, 2.45) is 17.6 Å². The Labute approximate surface area is 223 Å². The van der Waals surface area contributed by atoms with Crippen molar-refractivity contribution in [3.05, 3.63) is 58.9 Å². The number of carbonyl (C=O) groups excluding carboxylic acids is 3. The Bertz CT molecular complexity index is 1010. The molecule has 0 aromatic heterocycles. The molecule has 0 heterocycles. The Morgan fingerprint density at radius 2 is 1.84 bits per heavy atom. The lowest BCUT2D eigenvalue weighted by molar-refractivity contribution is -0.0112. The van der Waals surface area contributed by atoms with Gasteiger partial charge >= 0.3 is 0 Å². The molecule has 1 aromatic carbocycles. The van der Waals surface area contributed by atoms with Gasteiger partial charge in [-0.1, -0.05) is 19.9 Å². The molecule has 0 saturated carbocycles. The SMILES string of the molecule is CCC(C)C(=O)c1cc(C(N)=O)cc(C(=O)NC(CC2C=CC(O)=CCC2)C(O)C(O)CCCSC)c1. The third kappa shape index (κ3) is 9.32. The van der Waals surface area contributed by atoms with Crippen LogP contribution in [0.1, 0.15) is 83.4 Å². The second kappa shape index (κ2) is 15.0. The van der Waals surface area contributed by atoms with Gasteiger partial charge in [0.1, 0.15) is 11.9 Å². The molecule has 5 unspecified atom stereocenters. The highest BCUT2D eigenvalue weighted by Crippen LogP contribution is 2.24. The molecule has 0 bridgehead atoms. The number of hydrogen-bond donors (Lipinski definition) is 5. The fourth-order valence-corrected chi connectivity index (χ4v) is 4.75. The predicted molar refractivity (Wildman–Crippen MR) is 147 cm³/mol. The number of Topliss-reactive ketones (excluding diaryl/α,β-unsaturated/α-hetero) is 1. The topological polar surface area (TPSA) is 150 Å². The summed E-state index contributed by atoms with van der Waals surface area (Å²) >= 11 is 1.65. The van der Waals surface area contributed by atoms with Gasteiger partial charge in [-0.3, -0.25) is 14.4 Å². The summed E-state index contributed by atoms with van der Waals surface area (Å²) in [6, 6.07) is 3.35. The molecule has 8 nitrogen and oxygen atoms in total. The Hall–Kier alpha value is -2.62. The summed E-state index contributed by atoms with van der Waals surface area (Å²) in [5, 5.41) is 34.3. The summed E-state index contributed by atoms with van der Waals surface area (Å²) in [5.74, 6) is -0.885. The lowest BCUT2D eigenvalue weighted by atomic mass is 9.89. The van der Waals surface area contributed by atoms with Crippen molar-refractivity contribution in [2.45, 2.75) is 70.6 Å². The molecule has 37 heavy (non-hydrogen) atoms. The molecule has 0 aliphatic heterocycles. The van der Waals surface area contributed by atoms with Crippen LogP contribution in [0.15, 0.2) is 42.2 Å². The standard InChI is InChI=1S/C28H40N2O6S/c1-4-17(2)25(33)19-14-20(27(29)35)16-21(15-19)28(36)30-23(26(34)24(32)9-6-12-37-3)13-18-7-5-8-22(31)11-10-18/h8,10-11,14-18,23-24,26,31-32,34H,4-7,9,12-13H2,1-3H3,(H2,29,35)(H,30,36). The molecule has 0 saturated heterocycles. The molecule has 2 amide bonds. The van der Waals surface area contributed by atoms with Gasteiger partial charge in [0.2, 0.25) is 5.91 Å². The highest BCUT2D eigenvalue weighted by Gasteiger charge is 2.30. The number of carbonyl (C=O) groups is 3. The van der Waals surface area contributed by atoms with Crippen molar-refractivity contribution in [1.82, 2.24) is 5.32 Å². The number of thioether (sulfide) groups is 1. The van der Waals surface area contributed by atoms with E-state index in [9.17, 15) is 29.7 Å². The molecule has 0 spiro atoms. The summed E-state index contributed by atoms with van der Waals surface area (Å²) in [7, 11) is 0. The number of aliphatic hydroxyl groups excluding tert-OH is 3. The fourth-order valence-electron chi connectivity index (χ4n) is 4.29. The van der Waals surface area contributed by atoms with Crippen molar-refractivity contribution in [2.75, 3.05) is 12.0 Å². The quantitative estimate of drug-likeness (QED) is 0.181. The van der Waals surface area contributed by atoms with Crippen molar-refractivity contribution in [3.8, 4) is 0 Å². The Kier molecular flexibility index (Phi) is 12.4. The number of ketones is 1. The van der Waals surface area contributed by atoms with Gasteiger partial charge < -0.3 is 26.4 Å². The van der Waals surface area contributed by atoms with Crippen molar-refractivity contribution >= 4 is 29.4 Å². The van der Waals surface area contributed by atoms with E-state index in [2.05, 4.69) is 5.32 Å². The number of rotatable bonds is 14. The molecular weight excluding hydrogens is 492 g/mol. The molecular formula is C28H40N2O6S. The lowest BCUT2D eigenvalue weighted by Crippen LogP contribution is -2.49. The zero-order chi connectivity index (χ0) is 27.5. The maximum Gasteiger partial charge on any atom is 0.251 e. The van der Waals surface area contributed by atoms with E-state index in [1.165, 1.54) is 18.2 Å². The maximum atomic E-state index is 13.4. The summed E-state index contributed by atoms with van der Waals surface area (Å²) in [5.41, 5.74) is 5.81. The third-order valence-corrected chi connectivity index (χ3v) is 7.48. The normalized spacial score (nSPS) is 18.7. The van der Waals surface area contributed by atoms with E-state index in [0.717, 1.165) is 5.75 Å². The maximum absolute atomic E-state index is 13.4. The summed E-state index contributed by atoms with van der Waals surface area (Å²) < 4.78 is 0. The molecule has 2 rings (SSSR count). The third-order valence-electron chi connectivity index (χ3n) is 6.78. The molecule has 1 aliphatic rings. The highest BCUT2D eigenvalue weighted by molar-refractivity contribution is 7.98. The number of allylic oxidation sites excluding steroid dienone is 3. The van der Waals surface area contributed by atoms with Crippen LogP contribution in [-0.2, 0) is 0 Å². The fraction of sp³-hybridized carbons (Fsp3) is 0.536. The van der Waals surface area contributed by atoms with Crippen LogP contribution in [0.5, 0.6) is 0 Å². The van der Waals surface area contributed by atoms with Crippen molar-refractivity contribution in [1.29, 1.82) is 0 Å². The first kappa shape index (κ1) is 30.6. The largest absolute Gasteiger partial charge is 0.508 e. The first-order valence-electron chi connectivity index (χ1n) is 12.8. The minimum Gasteiger partial charge on any atom is -0.508 e. The van der Waals surface area contributed by atoms with Gasteiger partial charge in [0.25, 0.3) is 5.91 Å². The minimum absolute atomic E-state index is 0.0433. The summed E-state index contributed by atoms with van der Waals surface area (Å²) in [6.45, 7) is 3.65. The van der Waals surface area contributed by atoms with Crippen LogP contribution in [0.4, 0.5) is 0 Å². The van der Waals surface area contributed by atoms with Gasteiger partial charge in [0.05, 0.1) is 12.1 Å². The number of nitrogens with one attached hydrogen (secondary N) is 1. The summed E-state index contributed by atoms with van der Waals surface area (Å²) in [6.07, 6.45) is 8.19. The molecule has 204 valence electrons. The number of nitrogens with two attached hydrogens (primary N) is 1. The average Bonchev–Trinajstić information content (AvgIpc) is 3.10. The molecule has 5 atom stereocenters. The van der Waals surface area contributed by atoms with Crippen LogP contribution >= 0.6 is 11.8 Å².